The fraction of sp³-hybridized carbons (Fsp3) is 0.306. The maximum absolute atomic E-state index is 14.3. The molecule has 47 heavy (non-hydrogen) atoms. The highest BCUT2D eigenvalue weighted by Gasteiger charge is 2.69. The van der Waals surface area contributed by atoms with Crippen LogP contribution in [0.25, 0.3) is 21.6 Å². The highest BCUT2D eigenvalue weighted by atomic mass is 32.1. The van der Waals surface area contributed by atoms with E-state index >= 15 is 0 Å². The van der Waals surface area contributed by atoms with Gasteiger partial charge in [-0.15, -0.1) is 11.3 Å². The summed E-state index contributed by atoms with van der Waals surface area (Å²) in [5.74, 6) is -1.00. The number of nitrogens with one attached hydrogen (secondary N) is 2. The van der Waals surface area contributed by atoms with E-state index in [2.05, 4.69) is 27.8 Å². The van der Waals surface area contributed by atoms with Gasteiger partial charge in [-0.1, -0.05) is 12.1 Å². The van der Waals surface area contributed by atoms with Crippen LogP contribution in [0, 0.1) is 30.6 Å². The first-order chi connectivity index (χ1) is 22.6. The molecule has 8 rings (SSSR count). The van der Waals surface area contributed by atoms with Crippen LogP contribution in [-0.2, 0) is 17.7 Å². The van der Waals surface area contributed by atoms with Crippen molar-refractivity contribution in [3.8, 4) is 33.4 Å². The number of amides is 2. The van der Waals surface area contributed by atoms with Gasteiger partial charge in [0.15, 0.2) is 5.69 Å². The minimum atomic E-state index is -0.754. The number of hydrogen-bond donors (Lipinski definition) is 3. The Balaban J connectivity index is 1.33. The van der Waals surface area contributed by atoms with E-state index in [-0.39, 0.29) is 22.7 Å². The molecular weight excluding hydrogens is 614 g/mol. The molecule has 10 nitrogen and oxygen atoms in total. The van der Waals surface area contributed by atoms with Crippen molar-refractivity contribution < 1.29 is 23.9 Å². The first-order valence-electron chi connectivity index (χ1n) is 15.4. The van der Waals surface area contributed by atoms with E-state index in [1.165, 1.54) is 13.2 Å². The van der Waals surface area contributed by atoms with Gasteiger partial charge in [0.2, 0.25) is 0 Å². The molecule has 3 saturated carbocycles. The number of aryl methyl sites for hydroxylation is 2. The minimum Gasteiger partial charge on any atom is -0.493 e. The van der Waals surface area contributed by atoms with Crippen molar-refractivity contribution in [2.24, 2.45) is 11.1 Å². The van der Waals surface area contributed by atoms with Crippen LogP contribution in [0.2, 0.25) is 0 Å². The molecule has 0 atom stereocenters. The first kappa shape index (κ1) is 30.6. The lowest BCUT2D eigenvalue weighted by Crippen LogP contribution is -2.74. The monoisotopic (exact) mass is 647 g/mol. The van der Waals surface area contributed by atoms with Crippen molar-refractivity contribution in [1.29, 1.82) is 5.26 Å². The average molecular weight is 648 g/mol. The highest BCUT2D eigenvalue weighted by molar-refractivity contribution is 7.13. The SMILES string of the molecule is COC(=O)c1nc(C(=O)NC23CC(C#N)(C2)C3)ccc1-c1cc2c(cc1C(=O)Nc1c(C)cc(CN)cc1C)-c1sccc1CCO2. The number of benzene rings is 2. The number of nitrogens with two attached hydrogens (primary N) is 1. The van der Waals surface area contributed by atoms with Gasteiger partial charge in [0, 0.05) is 51.3 Å². The number of nitrogens with zero attached hydrogens (tertiary/aromatic N) is 2. The van der Waals surface area contributed by atoms with Crippen LogP contribution in [0.3, 0.4) is 0 Å². The van der Waals surface area contributed by atoms with Gasteiger partial charge in [0.25, 0.3) is 11.8 Å². The van der Waals surface area contributed by atoms with Gasteiger partial charge in [-0.3, -0.25) is 9.59 Å². The molecular formula is C36H33N5O5S. The molecule has 1 aliphatic heterocycles. The second-order valence-electron chi connectivity index (χ2n) is 12.8. The van der Waals surface area contributed by atoms with Gasteiger partial charge in [-0.2, -0.15) is 5.26 Å². The molecule has 4 N–H and O–H groups in total. The summed E-state index contributed by atoms with van der Waals surface area (Å²) in [6.45, 7) is 4.67. The van der Waals surface area contributed by atoms with Crippen molar-refractivity contribution in [1.82, 2.24) is 10.3 Å². The van der Waals surface area contributed by atoms with E-state index in [1.54, 1.807) is 29.5 Å². The van der Waals surface area contributed by atoms with Crippen molar-refractivity contribution >= 4 is 34.8 Å². The lowest BCUT2D eigenvalue weighted by molar-refractivity contribution is -0.102. The zero-order chi connectivity index (χ0) is 33.1. The molecule has 0 saturated heterocycles. The van der Waals surface area contributed by atoms with E-state index in [0.717, 1.165) is 32.7 Å². The molecule has 11 heteroatoms. The summed E-state index contributed by atoms with van der Waals surface area (Å²) in [5, 5.41) is 17.5. The molecule has 238 valence electrons. The highest BCUT2D eigenvalue weighted by Crippen LogP contribution is 2.66. The molecule has 0 spiro atoms. The lowest BCUT2D eigenvalue weighted by Gasteiger charge is -2.66. The van der Waals surface area contributed by atoms with Crippen molar-refractivity contribution in [3.05, 3.63) is 87.0 Å². The Bertz CT molecular complexity index is 2000. The summed E-state index contributed by atoms with van der Waals surface area (Å²) in [7, 11) is 1.24. The van der Waals surface area contributed by atoms with Crippen LogP contribution >= 0.6 is 11.3 Å². The number of methoxy groups -OCH3 is 1. The van der Waals surface area contributed by atoms with Crippen molar-refractivity contribution in [3.63, 3.8) is 0 Å². The van der Waals surface area contributed by atoms with E-state index < -0.39 is 17.4 Å². The Morgan fingerprint density at radius 2 is 1.79 bits per heavy atom. The number of thiophene rings is 1. The molecule has 3 aliphatic carbocycles. The average Bonchev–Trinajstić information content (AvgIpc) is 3.43. The van der Waals surface area contributed by atoms with Crippen LogP contribution in [0.5, 0.6) is 5.75 Å². The topological polar surface area (TPSA) is 156 Å². The summed E-state index contributed by atoms with van der Waals surface area (Å²) in [4.78, 5) is 46.3. The zero-order valence-corrected chi connectivity index (χ0v) is 27.1. The molecule has 4 aromatic rings. The van der Waals surface area contributed by atoms with Crippen LogP contribution < -0.4 is 21.1 Å². The van der Waals surface area contributed by atoms with Crippen LogP contribution in [0.15, 0.2) is 47.8 Å². The molecule has 0 unspecified atom stereocenters. The second kappa shape index (κ2) is 11.3. The van der Waals surface area contributed by atoms with Crippen LogP contribution in [0.1, 0.15) is 72.9 Å². The number of nitriles is 1. The Morgan fingerprint density at radius 1 is 1.04 bits per heavy atom. The fourth-order valence-corrected chi connectivity index (χ4v) is 8.25. The van der Waals surface area contributed by atoms with Gasteiger partial charge in [-0.05, 0) is 91.1 Å². The maximum Gasteiger partial charge on any atom is 0.357 e. The van der Waals surface area contributed by atoms with Gasteiger partial charge in [0.05, 0.1) is 25.2 Å². The van der Waals surface area contributed by atoms with Gasteiger partial charge < -0.3 is 25.8 Å². The summed E-state index contributed by atoms with van der Waals surface area (Å²) in [5.41, 5.74) is 11.4. The first-order valence-corrected chi connectivity index (χ1v) is 16.3. The maximum atomic E-state index is 14.3. The van der Waals surface area contributed by atoms with Crippen molar-refractivity contribution in [2.75, 3.05) is 19.0 Å². The Kier molecular flexibility index (Phi) is 7.38. The number of esters is 1. The predicted molar refractivity (Wildman–Crippen MR) is 177 cm³/mol. The molecule has 4 aliphatic rings. The molecule has 2 bridgehead atoms. The molecule has 0 radical (unpaired) electrons. The second-order valence-corrected chi connectivity index (χ2v) is 13.7. The summed E-state index contributed by atoms with van der Waals surface area (Å²) >= 11 is 1.58. The molecule has 3 fully saturated rings. The minimum absolute atomic E-state index is 0.0383. The number of aromatic nitrogens is 1. The summed E-state index contributed by atoms with van der Waals surface area (Å²) in [6, 6.07) is 15.0. The molecule has 2 amide bonds. The van der Waals surface area contributed by atoms with E-state index in [0.29, 0.717) is 67.0 Å². The van der Waals surface area contributed by atoms with Gasteiger partial charge >= 0.3 is 5.97 Å². The fourth-order valence-electron chi connectivity index (χ4n) is 7.28. The Labute approximate surface area is 275 Å². The standard InChI is InChI=1S/C36H33N5O5S/c1-19-10-21(14-37)11-20(2)29(19)40-32(42)25-12-26-28(46-8-6-22-7-9-47-31(22)26)13-24(25)23-4-5-27(39-30(23)34(44)45-3)33(43)41-36-15-35(16-36,17-36)18-38/h4-5,7,9-13H,6,8,14-17,37H2,1-3H3,(H,40,42)(H,41,43). The largest absolute Gasteiger partial charge is 0.493 e. The number of fused-ring (bicyclic) bond motifs is 3. The third kappa shape index (κ3) is 5.14. The predicted octanol–water partition coefficient (Wildman–Crippen LogP) is 5.70. The Morgan fingerprint density at radius 3 is 2.47 bits per heavy atom. The van der Waals surface area contributed by atoms with Crippen LogP contribution in [0.4, 0.5) is 5.69 Å². The number of pyridine rings is 1. The van der Waals surface area contributed by atoms with E-state index in [1.807, 2.05) is 31.4 Å². The third-order valence-corrected chi connectivity index (χ3v) is 10.5. The normalized spacial score (nSPS) is 20.1. The van der Waals surface area contributed by atoms with Crippen molar-refractivity contribution in [2.45, 2.75) is 51.6 Å². The summed E-state index contributed by atoms with van der Waals surface area (Å²) < 4.78 is 11.3. The van der Waals surface area contributed by atoms with Gasteiger partial charge in [0.1, 0.15) is 11.4 Å². The molecule has 3 heterocycles. The number of hydrogen-bond acceptors (Lipinski definition) is 9. The number of carbonyl (C=O) groups is 3. The molecule has 2 aromatic carbocycles. The number of ether oxygens (including phenoxy) is 2. The van der Waals surface area contributed by atoms with E-state index in [4.69, 9.17) is 15.2 Å². The number of carbonyl (C=O) groups excluding carboxylic acids is 3. The quantitative estimate of drug-likeness (QED) is 0.216. The number of anilines is 1. The van der Waals surface area contributed by atoms with Gasteiger partial charge in [-0.25, -0.2) is 9.78 Å². The molecule has 2 aromatic heterocycles. The van der Waals surface area contributed by atoms with E-state index in [9.17, 15) is 19.6 Å². The smallest absolute Gasteiger partial charge is 0.357 e. The zero-order valence-electron chi connectivity index (χ0n) is 26.3. The lowest BCUT2D eigenvalue weighted by atomic mass is 9.40. The number of rotatable bonds is 7. The summed E-state index contributed by atoms with van der Waals surface area (Å²) in [6.07, 6.45) is 2.54. The Hall–Kier alpha value is -5.05. The third-order valence-electron chi connectivity index (χ3n) is 9.49. The van der Waals surface area contributed by atoms with Crippen LogP contribution in [-0.4, -0.2) is 42.0 Å².